The molecule has 1 aliphatic rings. The molecular weight excluding hydrogens is 228 g/mol. The normalized spacial score (nSPS) is 26.1. The molecule has 2 rings (SSSR count). The molecule has 0 bridgehead atoms. The number of aromatic nitrogens is 1. The van der Waals surface area contributed by atoms with Crippen molar-refractivity contribution >= 4 is 5.69 Å². The van der Waals surface area contributed by atoms with Gasteiger partial charge in [-0.05, 0) is 38.3 Å². The molecule has 0 saturated carbocycles. The highest BCUT2D eigenvalue weighted by molar-refractivity contribution is 5.45. The predicted molar refractivity (Wildman–Crippen MR) is 71.6 cm³/mol. The van der Waals surface area contributed by atoms with Crippen LogP contribution >= 0.6 is 0 Å². The summed E-state index contributed by atoms with van der Waals surface area (Å²) in [6, 6.07) is 3.84. The van der Waals surface area contributed by atoms with Crippen molar-refractivity contribution in [1.29, 1.82) is 0 Å². The Hall–Kier alpha value is -1.13. The number of hydrogen-bond acceptors (Lipinski definition) is 4. The summed E-state index contributed by atoms with van der Waals surface area (Å²) in [6.45, 7) is 5.40. The third kappa shape index (κ3) is 3.00. The molecule has 18 heavy (non-hydrogen) atoms. The fourth-order valence-electron chi connectivity index (χ4n) is 2.43. The second-order valence-corrected chi connectivity index (χ2v) is 5.39. The van der Waals surface area contributed by atoms with Gasteiger partial charge in [-0.3, -0.25) is 4.98 Å². The Balaban J connectivity index is 2.09. The van der Waals surface area contributed by atoms with Crippen LogP contribution in [0.5, 0.6) is 0 Å². The predicted octanol–water partition coefficient (Wildman–Crippen LogP) is 1.88. The van der Waals surface area contributed by atoms with Crippen molar-refractivity contribution in [1.82, 2.24) is 4.98 Å². The summed E-state index contributed by atoms with van der Waals surface area (Å²) in [5.41, 5.74) is 1.12. The third-order valence-electron chi connectivity index (χ3n) is 3.54. The maximum absolute atomic E-state index is 10.1. The van der Waals surface area contributed by atoms with E-state index in [1.54, 1.807) is 6.20 Å². The van der Waals surface area contributed by atoms with E-state index in [0.29, 0.717) is 18.7 Å². The van der Waals surface area contributed by atoms with Gasteiger partial charge in [-0.25, -0.2) is 0 Å². The Bertz CT molecular complexity index is 389. The fraction of sp³-hybridized carbons (Fsp3) is 0.643. The Morgan fingerprint density at radius 2 is 2.28 bits per heavy atom. The zero-order valence-corrected chi connectivity index (χ0v) is 11.1. The maximum Gasteiger partial charge on any atom is 0.0957 e. The van der Waals surface area contributed by atoms with Crippen molar-refractivity contribution in [3.8, 4) is 0 Å². The number of aliphatic hydroxyl groups excluding tert-OH is 1. The highest BCUT2D eigenvalue weighted by atomic mass is 16.3. The van der Waals surface area contributed by atoms with Gasteiger partial charge in [0.15, 0.2) is 0 Å². The first kappa shape index (κ1) is 13.3. The summed E-state index contributed by atoms with van der Waals surface area (Å²) in [4.78, 5) is 6.45. The molecule has 100 valence electrons. The van der Waals surface area contributed by atoms with Crippen molar-refractivity contribution in [2.24, 2.45) is 0 Å². The SMILES string of the molecule is CC[C@H](O)c1ccc(N2CCCC(C)(O)C2)cn1. The Morgan fingerprint density at radius 1 is 1.50 bits per heavy atom. The average Bonchev–Trinajstić information content (AvgIpc) is 2.37. The van der Waals surface area contributed by atoms with Gasteiger partial charge >= 0.3 is 0 Å². The van der Waals surface area contributed by atoms with Gasteiger partial charge in [0, 0.05) is 13.1 Å². The Morgan fingerprint density at radius 3 is 2.83 bits per heavy atom. The lowest BCUT2D eigenvalue weighted by Crippen LogP contribution is -2.46. The third-order valence-corrected chi connectivity index (χ3v) is 3.54. The fourth-order valence-corrected chi connectivity index (χ4v) is 2.43. The molecule has 1 aliphatic heterocycles. The standard InChI is InChI=1S/C14H22N2O2/c1-3-13(17)12-6-5-11(9-15-12)16-8-4-7-14(2,18)10-16/h5-6,9,13,17-18H,3-4,7-8,10H2,1-2H3/t13-,14?/m0/s1. The minimum Gasteiger partial charge on any atom is -0.388 e. The first-order valence-electron chi connectivity index (χ1n) is 6.63. The van der Waals surface area contributed by atoms with E-state index >= 15 is 0 Å². The molecule has 4 heteroatoms. The Kier molecular flexibility index (Phi) is 3.88. The number of anilines is 1. The van der Waals surface area contributed by atoms with E-state index in [9.17, 15) is 10.2 Å². The second-order valence-electron chi connectivity index (χ2n) is 5.39. The van der Waals surface area contributed by atoms with Crippen LogP contribution in [0.15, 0.2) is 18.3 Å². The number of aliphatic hydroxyl groups is 2. The summed E-state index contributed by atoms with van der Waals surface area (Å²) in [5.74, 6) is 0. The van der Waals surface area contributed by atoms with Gasteiger partial charge in [-0.1, -0.05) is 6.92 Å². The highest BCUT2D eigenvalue weighted by Crippen LogP contribution is 2.26. The molecule has 2 N–H and O–H groups in total. The van der Waals surface area contributed by atoms with Gasteiger partial charge in [0.2, 0.25) is 0 Å². The monoisotopic (exact) mass is 250 g/mol. The molecule has 2 atom stereocenters. The van der Waals surface area contributed by atoms with E-state index < -0.39 is 11.7 Å². The molecule has 1 unspecified atom stereocenters. The van der Waals surface area contributed by atoms with E-state index in [1.165, 1.54) is 0 Å². The van der Waals surface area contributed by atoms with Crippen LogP contribution in [0.3, 0.4) is 0 Å². The van der Waals surface area contributed by atoms with Crippen LogP contribution in [0.25, 0.3) is 0 Å². The molecule has 1 aromatic rings. The zero-order chi connectivity index (χ0) is 13.2. The summed E-state index contributed by atoms with van der Waals surface area (Å²) < 4.78 is 0. The number of hydrogen-bond donors (Lipinski definition) is 2. The van der Waals surface area contributed by atoms with Crippen LogP contribution in [0.2, 0.25) is 0 Å². The molecule has 1 saturated heterocycles. The summed E-state index contributed by atoms with van der Waals surface area (Å²) in [7, 11) is 0. The lowest BCUT2D eigenvalue weighted by Gasteiger charge is -2.38. The van der Waals surface area contributed by atoms with Crippen LogP contribution in [0.4, 0.5) is 5.69 Å². The second kappa shape index (κ2) is 5.24. The molecule has 4 nitrogen and oxygen atoms in total. The topological polar surface area (TPSA) is 56.6 Å². The van der Waals surface area contributed by atoms with E-state index in [0.717, 1.165) is 25.1 Å². The quantitative estimate of drug-likeness (QED) is 0.860. The van der Waals surface area contributed by atoms with Crippen LogP contribution < -0.4 is 4.90 Å². The van der Waals surface area contributed by atoms with Gasteiger partial charge in [0.25, 0.3) is 0 Å². The van der Waals surface area contributed by atoms with Crippen molar-refractivity contribution in [3.05, 3.63) is 24.0 Å². The summed E-state index contributed by atoms with van der Waals surface area (Å²) >= 11 is 0. The van der Waals surface area contributed by atoms with Gasteiger partial charge in [0.05, 0.1) is 29.3 Å². The molecule has 2 heterocycles. The zero-order valence-electron chi connectivity index (χ0n) is 11.1. The van der Waals surface area contributed by atoms with E-state index in [-0.39, 0.29) is 0 Å². The number of β-amino-alcohol motifs (C(OH)–C–C–N with tert-alkyl or cyclic N) is 1. The van der Waals surface area contributed by atoms with Crippen LogP contribution in [-0.2, 0) is 0 Å². The van der Waals surface area contributed by atoms with Crippen LogP contribution in [0, 0.1) is 0 Å². The van der Waals surface area contributed by atoms with Gasteiger partial charge in [-0.15, -0.1) is 0 Å². The number of piperidine rings is 1. The lowest BCUT2D eigenvalue weighted by atomic mass is 9.95. The first-order valence-corrected chi connectivity index (χ1v) is 6.63. The van der Waals surface area contributed by atoms with Crippen LogP contribution in [0.1, 0.15) is 44.9 Å². The minimum absolute atomic E-state index is 0.483. The lowest BCUT2D eigenvalue weighted by molar-refractivity contribution is 0.0449. The molecule has 0 aromatic carbocycles. The van der Waals surface area contributed by atoms with Gasteiger partial charge in [-0.2, -0.15) is 0 Å². The molecule has 0 amide bonds. The van der Waals surface area contributed by atoms with Crippen molar-refractivity contribution in [2.45, 2.75) is 44.8 Å². The van der Waals surface area contributed by atoms with Gasteiger partial charge in [0.1, 0.15) is 0 Å². The molecule has 1 fully saturated rings. The molecular formula is C14H22N2O2. The van der Waals surface area contributed by atoms with E-state index in [2.05, 4.69) is 9.88 Å². The number of rotatable bonds is 3. The van der Waals surface area contributed by atoms with Crippen molar-refractivity contribution < 1.29 is 10.2 Å². The summed E-state index contributed by atoms with van der Waals surface area (Å²) in [5, 5.41) is 19.8. The molecule has 0 radical (unpaired) electrons. The number of nitrogens with zero attached hydrogens (tertiary/aromatic N) is 2. The van der Waals surface area contributed by atoms with E-state index in [1.807, 2.05) is 26.0 Å². The molecule has 1 aromatic heterocycles. The highest BCUT2D eigenvalue weighted by Gasteiger charge is 2.28. The maximum atomic E-state index is 10.1. The van der Waals surface area contributed by atoms with Crippen LogP contribution in [-0.4, -0.2) is 33.9 Å². The molecule has 0 aliphatic carbocycles. The number of pyridine rings is 1. The van der Waals surface area contributed by atoms with Crippen molar-refractivity contribution in [2.75, 3.05) is 18.0 Å². The molecule has 0 spiro atoms. The van der Waals surface area contributed by atoms with Gasteiger partial charge < -0.3 is 15.1 Å². The first-order chi connectivity index (χ1) is 8.52. The largest absolute Gasteiger partial charge is 0.388 e. The van der Waals surface area contributed by atoms with E-state index in [4.69, 9.17) is 0 Å². The Labute approximate surface area is 108 Å². The average molecular weight is 250 g/mol. The summed E-state index contributed by atoms with van der Waals surface area (Å²) in [6.07, 6.45) is 3.82. The smallest absolute Gasteiger partial charge is 0.0957 e. The minimum atomic E-state index is -0.611. The van der Waals surface area contributed by atoms with Crippen molar-refractivity contribution in [3.63, 3.8) is 0 Å².